The number of nitrogens with zero attached hydrogens (tertiary/aromatic N) is 2. The summed E-state index contributed by atoms with van der Waals surface area (Å²) in [4.78, 5) is 0. The Labute approximate surface area is 103 Å². The number of aryl methyl sites for hydroxylation is 1. The summed E-state index contributed by atoms with van der Waals surface area (Å²) in [6.45, 7) is 2.82. The third-order valence-electron chi connectivity index (χ3n) is 3.80. The van der Waals surface area contributed by atoms with Crippen LogP contribution < -0.4 is 5.73 Å². The van der Waals surface area contributed by atoms with Gasteiger partial charge in [-0.3, -0.25) is 4.68 Å². The highest BCUT2D eigenvalue weighted by atomic mass is 16.3. The average Bonchev–Trinajstić information content (AvgIpc) is 2.69. The van der Waals surface area contributed by atoms with Crippen molar-refractivity contribution in [3.8, 4) is 0 Å². The Kier molecular flexibility index (Phi) is 4.18. The van der Waals surface area contributed by atoms with Crippen molar-refractivity contribution in [2.75, 3.05) is 6.54 Å². The first-order valence-electron chi connectivity index (χ1n) is 6.65. The van der Waals surface area contributed by atoms with Crippen LogP contribution in [0.15, 0.2) is 6.20 Å². The van der Waals surface area contributed by atoms with Gasteiger partial charge in [-0.1, -0.05) is 12.8 Å². The second-order valence-corrected chi connectivity index (χ2v) is 5.01. The Morgan fingerprint density at radius 2 is 2.24 bits per heavy atom. The molecule has 1 aromatic heterocycles. The summed E-state index contributed by atoms with van der Waals surface area (Å²) in [6, 6.07) is 0.176. The van der Waals surface area contributed by atoms with E-state index in [2.05, 4.69) is 12.0 Å². The maximum Gasteiger partial charge on any atom is 0.0781 e. The Balaban J connectivity index is 2.12. The van der Waals surface area contributed by atoms with Crippen molar-refractivity contribution in [2.45, 2.75) is 57.6 Å². The maximum atomic E-state index is 10.1. The van der Waals surface area contributed by atoms with Crippen molar-refractivity contribution in [3.05, 3.63) is 17.5 Å². The van der Waals surface area contributed by atoms with Gasteiger partial charge in [0.2, 0.25) is 0 Å². The van der Waals surface area contributed by atoms with Crippen molar-refractivity contribution in [2.24, 2.45) is 5.73 Å². The highest BCUT2D eigenvalue weighted by Gasteiger charge is 2.26. The summed E-state index contributed by atoms with van der Waals surface area (Å²) < 4.78 is 2.02. The molecule has 0 spiro atoms. The molecule has 1 saturated carbocycles. The van der Waals surface area contributed by atoms with Gasteiger partial charge >= 0.3 is 0 Å². The molecule has 17 heavy (non-hydrogen) atoms. The predicted molar refractivity (Wildman–Crippen MR) is 67.9 cm³/mol. The van der Waals surface area contributed by atoms with Crippen LogP contribution in [0.2, 0.25) is 0 Å². The molecule has 2 atom stereocenters. The molecule has 0 aromatic carbocycles. The maximum absolute atomic E-state index is 10.1. The molecule has 1 aliphatic carbocycles. The lowest BCUT2D eigenvalue weighted by atomic mass is 9.92. The molecule has 2 unspecified atom stereocenters. The van der Waals surface area contributed by atoms with Crippen molar-refractivity contribution in [1.29, 1.82) is 0 Å². The van der Waals surface area contributed by atoms with Gasteiger partial charge in [0.25, 0.3) is 0 Å². The third-order valence-corrected chi connectivity index (χ3v) is 3.80. The molecule has 4 heteroatoms. The van der Waals surface area contributed by atoms with E-state index >= 15 is 0 Å². The zero-order chi connectivity index (χ0) is 12.3. The van der Waals surface area contributed by atoms with Crippen LogP contribution in [0.25, 0.3) is 0 Å². The summed E-state index contributed by atoms with van der Waals surface area (Å²) in [5.74, 6) is 0. The Bertz CT molecular complexity index is 362. The molecule has 1 aliphatic rings. The molecule has 4 nitrogen and oxygen atoms in total. The fourth-order valence-electron chi connectivity index (χ4n) is 2.71. The fraction of sp³-hybridized carbons (Fsp3) is 0.769. The quantitative estimate of drug-likeness (QED) is 0.835. The van der Waals surface area contributed by atoms with Crippen LogP contribution in [0.3, 0.4) is 0 Å². The zero-order valence-electron chi connectivity index (χ0n) is 10.6. The van der Waals surface area contributed by atoms with Crippen LogP contribution in [0.1, 0.15) is 49.4 Å². The standard InChI is InChI=1S/C13H23N3O/c1-10-11(5-4-8-14)9-15-16(10)12-6-2-3-7-13(12)17/h9,12-13,17H,2-8,14H2,1H3. The minimum Gasteiger partial charge on any atom is -0.391 e. The van der Waals surface area contributed by atoms with Gasteiger partial charge in [0.05, 0.1) is 18.3 Å². The Morgan fingerprint density at radius 3 is 2.94 bits per heavy atom. The average molecular weight is 237 g/mol. The second kappa shape index (κ2) is 5.65. The molecule has 0 saturated heterocycles. The predicted octanol–water partition coefficient (Wildman–Crippen LogP) is 1.56. The van der Waals surface area contributed by atoms with Gasteiger partial charge in [-0.25, -0.2) is 0 Å². The van der Waals surface area contributed by atoms with Gasteiger partial charge in [-0.15, -0.1) is 0 Å². The summed E-state index contributed by atoms with van der Waals surface area (Å²) in [7, 11) is 0. The summed E-state index contributed by atoms with van der Waals surface area (Å²) in [5, 5.41) is 14.5. The van der Waals surface area contributed by atoms with Crippen molar-refractivity contribution in [3.63, 3.8) is 0 Å². The lowest BCUT2D eigenvalue weighted by Crippen LogP contribution is -2.29. The second-order valence-electron chi connectivity index (χ2n) is 5.01. The number of nitrogens with two attached hydrogens (primary N) is 1. The van der Waals surface area contributed by atoms with Crippen LogP contribution in [0.5, 0.6) is 0 Å². The number of hydrogen-bond acceptors (Lipinski definition) is 3. The van der Waals surface area contributed by atoms with E-state index in [-0.39, 0.29) is 12.1 Å². The number of hydrogen-bond donors (Lipinski definition) is 2. The van der Waals surface area contributed by atoms with E-state index in [1.807, 2.05) is 10.9 Å². The Hall–Kier alpha value is -0.870. The van der Waals surface area contributed by atoms with E-state index in [0.717, 1.165) is 38.6 Å². The molecule has 2 rings (SSSR count). The van der Waals surface area contributed by atoms with Crippen LogP contribution >= 0.6 is 0 Å². The van der Waals surface area contributed by atoms with Crippen LogP contribution in [-0.4, -0.2) is 27.5 Å². The summed E-state index contributed by atoms with van der Waals surface area (Å²) >= 11 is 0. The van der Waals surface area contributed by atoms with E-state index in [9.17, 15) is 5.11 Å². The summed E-state index contributed by atoms with van der Waals surface area (Å²) in [5.41, 5.74) is 8.00. The smallest absolute Gasteiger partial charge is 0.0781 e. The molecule has 1 aromatic rings. The van der Waals surface area contributed by atoms with Crippen molar-refractivity contribution >= 4 is 0 Å². The van der Waals surface area contributed by atoms with Gasteiger partial charge in [0.15, 0.2) is 0 Å². The normalized spacial score (nSPS) is 25.1. The first kappa shape index (κ1) is 12.6. The lowest BCUT2D eigenvalue weighted by Gasteiger charge is -2.28. The number of aliphatic hydroxyl groups excluding tert-OH is 1. The van der Waals surface area contributed by atoms with E-state index in [0.29, 0.717) is 0 Å². The van der Waals surface area contributed by atoms with Gasteiger partial charge in [-0.05, 0) is 44.7 Å². The minimum atomic E-state index is -0.232. The van der Waals surface area contributed by atoms with Crippen molar-refractivity contribution in [1.82, 2.24) is 9.78 Å². The minimum absolute atomic E-state index is 0.176. The van der Waals surface area contributed by atoms with E-state index in [4.69, 9.17) is 5.73 Å². The molecule has 1 fully saturated rings. The number of aromatic nitrogens is 2. The van der Waals surface area contributed by atoms with E-state index in [1.165, 1.54) is 17.7 Å². The van der Waals surface area contributed by atoms with E-state index < -0.39 is 0 Å². The van der Waals surface area contributed by atoms with Crippen LogP contribution in [0, 0.1) is 6.92 Å². The fourth-order valence-corrected chi connectivity index (χ4v) is 2.71. The first-order chi connectivity index (χ1) is 8.24. The highest BCUT2D eigenvalue weighted by molar-refractivity contribution is 5.17. The summed E-state index contributed by atoms with van der Waals surface area (Å²) in [6.07, 6.45) is 7.97. The van der Waals surface area contributed by atoms with Gasteiger partial charge in [-0.2, -0.15) is 5.10 Å². The topological polar surface area (TPSA) is 64.1 Å². The molecule has 0 amide bonds. The van der Waals surface area contributed by atoms with Crippen molar-refractivity contribution < 1.29 is 5.11 Å². The van der Waals surface area contributed by atoms with E-state index in [1.54, 1.807) is 0 Å². The van der Waals surface area contributed by atoms with Crippen LogP contribution in [-0.2, 0) is 6.42 Å². The molecule has 3 N–H and O–H groups in total. The molecule has 0 bridgehead atoms. The molecule has 1 heterocycles. The zero-order valence-corrected chi connectivity index (χ0v) is 10.6. The van der Waals surface area contributed by atoms with Gasteiger partial charge in [0.1, 0.15) is 0 Å². The largest absolute Gasteiger partial charge is 0.391 e. The monoisotopic (exact) mass is 237 g/mol. The number of aliphatic hydroxyl groups is 1. The highest BCUT2D eigenvalue weighted by Crippen LogP contribution is 2.29. The number of rotatable bonds is 4. The SMILES string of the molecule is Cc1c(CCCN)cnn1C1CCCCC1O. The Morgan fingerprint density at radius 1 is 1.47 bits per heavy atom. The first-order valence-corrected chi connectivity index (χ1v) is 6.65. The molecule has 96 valence electrons. The lowest BCUT2D eigenvalue weighted by molar-refractivity contribution is 0.0683. The third kappa shape index (κ3) is 2.69. The van der Waals surface area contributed by atoms with Gasteiger partial charge in [0, 0.05) is 5.69 Å². The molecular formula is C13H23N3O. The molecule has 0 radical (unpaired) electrons. The van der Waals surface area contributed by atoms with Crippen LogP contribution in [0.4, 0.5) is 0 Å². The molecule has 0 aliphatic heterocycles. The van der Waals surface area contributed by atoms with Gasteiger partial charge < -0.3 is 10.8 Å². The molecular weight excluding hydrogens is 214 g/mol.